The molecule has 1 unspecified atom stereocenters. The Kier molecular flexibility index (Phi) is 8.56. The number of carbonyl (C=O) groups excluding carboxylic acids is 2. The van der Waals surface area contributed by atoms with Crippen LogP contribution in [0.15, 0.2) is 61.2 Å². The summed E-state index contributed by atoms with van der Waals surface area (Å²) in [5.41, 5.74) is 6.73. The zero-order valence-electron chi connectivity index (χ0n) is 18.0. The van der Waals surface area contributed by atoms with Gasteiger partial charge in [0, 0.05) is 25.0 Å². The van der Waals surface area contributed by atoms with E-state index in [0.29, 0.717) is 28.7 Å². The lowest BCUT2D eigenvalue weighted by Crippen LogP contribution is -2.47. The predicted molar refractivity (Wildman–Crippen MR) is 123 cm³/mol. The molecule has 1 atom stereocenters. The molecule has 172 valence electrons. The first-order valence-corrected chi connectivity index (χ1v) is 10.5. The Balaban J connectivity index is 1.55. The number of amides is 2. The lowest BCUT2D eigenvalue weighted by molar-refractivity contribution is -0.123. The van der Waals surface area contributed by atoms with Crippen molar-refractivity contribution in [2.24, 2.45) is 5.73 Å². The molecule has 0 fully saturated rings. The van der Waals surface area contributed by atoms with Crippen LogP contribution in [0.1, 0.15) is 22.3 Å². The molecule has 3 aromatic rings. The fourth-order valence-corrected chi connectivity index (χ4v) is 3.11. The lowest BCUT2D eigenvalue weighted by atomic mass is 10.1. The smallest absolute Gasteiger partial charge is 0.255 e. The summed E-state index contributed by atoms with van der Waals surface area (Å²) >= 11 is 6.21. The number of carbonyl (C=O) groups is 2. The van der Waals surface area contributed by atoms with E-state index in [0.717, 1.165) is 5.56 Å². The van der Waals surface area contributed by atoms with Crippen LogP contribution in [0.25, 0.3) is 0 Å². The Morgan fingerprint density at radius 3 is 2.42 bits per heavy atom. The molecule has 0 spiro atoms. The fourth-order valence-electron chi connectivity index (χ4n) is 2.90. The van der Waals surface area contributed by atoms with Gasteiger partial charge in [0.1, 0.15) is 29.6 Å². The Labute approximate surface area is 196 Å². The van der Waals surface area contributed by atoms with Gasteiger partial charge in [0.2, 0.25) is 5.91 Å². The number of rotatable bonds is 10. The first-order chi connectivity index (χ1) is 16.0. The van der Waals surface area contributed by atoms with E-state index in [1.165, 1.54) is 18.7 Å². The number of nitrogens with one attached hydrogen (secondary N) is 2. The van der Waals surface area contributed by atoms with Crippen molar-refractivity contribution < 1.29 is 19.1 Å². The van der Waals surface area contributed by atoms with Crippen LogP contribution < -0.4 is 25.8 Å². The quantitative estimate of drug-likeness (QED) is 0.416. The SMILES string of the molecule is COc1ccc(Oc2ccc(CNC(=O)C(CCN)NC(=O)c3cncnc3)cc2)c(Cl)c1. The molecule has 9 nitrogen and oxygen atoms in total. The fraction of sp³-hybridized carbons (Fsp3) is 0.217. The highest BCUT2D eigenvalue weighted by molar-refractivity contribution is 6.32. The lowest BCUT2D eigenvalue weighted by Gasteiger charge is -2.18. The van der Waals surface area contributed by atoms with Crippen molar-refractivity contribution >= 4 is 23.4 Å². The third-order valence-corrected chi connectivity index (χ3v) is 4.95. The minimum Gasteiger partial charge on any atom is -0.497 e. The van der Waals surface area contributed by atoms with Gasteiger partial charge in [0.05, 0.1) is 17.7 Å². The largest absolute Gasteiger partial charge is 0.497 e. The summed E-state index contributed by atoms with van der Waals surface area (Å²) in [6.07, 6.45) is 4.37. The van der Waals surface area contributed by atoms with Crippen LogP contribution in [-0.2, 0) is 11.3 Å². The molecule has 0 radical (unpaired) electrons. The Morgan fingerprint density at radius 1 is 1.09 bits per heavy atom. The summed E-state index contributed by atoms with van der Waals surface area (Å²) in [5.74, 6) is 0.955. The van der Waals surface area contributed by atoms with Crippen LogP contribution in [-0.4, -0.2) is 41.5 Å². The molecule has 2 amide bonds. The first kappa shape index (κ1) is 24.0. The van der Waals surface area contributed by atoms with Crippen LogP contribution in [0.4, 0.5) is 0 Å². The van der Waals surface area contributed by atoms with Gasteiger partial charge in [-0.2, -0.15) is 0 Å². The van der Waals surface area contributed by atoms with E-state index in [1.54, 1.807) is 37.4 Å². The second-order valence-electron chi connectivity index (χ2n) is 6.99. The zero-order chi connectivity index (χ0) is 23.6. The van der Waals surface area contributed by atoms with E-state index in [1.807, 2.05) is 12.1 Å². The molecule has 1 heterocycles. The van der Waals surface area contributed by atoms with Gasteiger partial charge < -0.3 is 25.8 Å². The summed E-state index contributed by atoms with van der Waals surface area (Å²) in [6, 6.07) is 11.6. The Bertz CT molecular complexity index is 1080. The van der Waals surface area contributed by atoms with E-state index in [-0.39, 0.29) is 24.6 Å². The molecular formula is C23H24ClN5O4. The molecule has 10 heteroatoms. The Morgan fingerprint density at radius 2 is 1.79 bits per heavy atom. The number of ether oxygens (including phenoxy) is 2. The van der Waals surface area contributed by atoms with Crippen LogP contribution in [0.3, 0.4) is 0 Å². The highest BCUT2D eigenvalue weighted by Crippen LogP contribution is 2.32. The van der Waals surface area contributed by atoms with Crippen molar-refractivity contribution in [1.29, 1.82) is 0 Å². The predicted octanol–water partition coefficient (Wildman–Crippen LogP) is 2.69. The standard InChI is InChI=1S/C23H24ClN5O4/c1-32-18-6-7-21(19(24)10-18)33-17-4-2-15(3-5-17)11-28-23(31)20(8-9-25)29-22(30)16-12-26-14-27-13-16/h2-7,10,12-14,20H,8-9,11,25H2,1H3,(H,28,31)(H,29,30). The van der Waals surface area contributed by atoms with Crippen molar-refractivity contribution in [1.82, 2.24) is 20.6 Å². The molecule has 0 aliphatic rings. The summed E-state index contributed by atoms with van der Waals surface area (Å²) in [4.78, 5) is 32.5. The summed E-state index contributed by atoms with van der Waals surface area (Å²) in [6.45, 7) is 0.511. The molecule has 0 aliphatic carbocycles. The Hall–Kier alpha value is -3.69. The van der Waals surface area contributed by atoms with Gasteiger partial charge in [-0.15, -0.1) is 0 Å². The molecule has 2 aromatic carbocycles. The minimum absolute atomic E-state index is 0.240. The second-order valence-corrected chi connectivity index (χ2v) is 7.40. The molecule has 0 bridgehead atoms. The topological polar surface area (TPSA) is 128 Å². The van der Waals surface area contributed by atoms with Crippen molar-refractivity contribution in [2.45, 2.75) is 19.0 Å². The van der Waals surface area contributed by atoms with Crippen LogP contribution in [0.5, 0.6) is 17.2 Å². The number of hydrogen-bond donors (Lipinski definition) is 3. The average molecular weight is 470 g/mol. The number of methoxy groups -OCH3 is 1. The van der Waals surface area contributed by atoms with E-state index < -0.39 is 11.9 Å². The third kappa shape index (κ3) is 6.90. The molecule has 3 rings (SSSR count). The van der Waals surface area contributed by atoms with Gasteiger partial charge in [-0.25, -0.2) is 9.97 Å². The van der Waals surface area contributed by atoms with Crippen LogP contribution in [0, 0.1) is 0 Å². The number of nitrogens with zero attached hydrogens (tertiary/aromatic N) is 2. The van der Waals surface area contributed by atoms with E-state index in [4.69, 9.17) is 26.8 Å². The van der Waals surface area contributed by atoms with Crippen molar-refractivity contribution in [3.05, 3.63) is 77.3 Å². The monoisotopic (exact) mass is 469 g/mol. The second kappa shape index (κ2) is 11.8. The normalized spacial score (nSPS) is 11.4. The maximum atomic E-state index is 12.6. The van der Waals surface area contributed by atoms with Gasteiger partial charge >= 0.3 is 0 Å². The average Bonchev–Trinajstić information content (AvgIpc) is 2.84. The number of halogens is 1. The van der Waals surface area contributed by atoms with Gasteiger partial charge in [0.25, 0.3) is 5.91 Å². The van der Waals surface area contributed by atoms with Gasteiger partial charge in [-0.3, -0.25) is 9.59 Å². The molecule has 33 heavy (non-hydrogen) atoms. The minimum atomic E-state index is -0.775. The van der Waals surface area contributed by atoms with E-state index >= 15 is 0 Å². The molecule has 4 N–H and O–H groups in total. The van der Waals surface area contributed by atoms with Crippen LogP contribution in [0.2, 0.25) is 5.02 Å². The first-order valence-electron chi connectivity index (χ1n) is 10.1. The van der Waals surface area contributed by atoms with Crippen molar-refractivity contribution in [3.8, 4) is 17.2 Å². The molecule has 1 aromatic heterocycles. The molecular weight excluding hydrogens is 446 g/mol. The zero-order valence-corrected chi connectivity index (χ0v) is 18.7. The summed E-state index contributed by atoms with van der Waals surface area (Å²) < 4.78 is 10.9. The van der Waals surface area contributed by atoms with Crippen molar-refractivity contribution in [3.63, 3.8) is 0 Å². The van der Waals surface area contributed by atoms with Crippen LogP contribution >= 0.6 is 11.6 Å². The summed E-state index contributed by atoms with van der Waals surface area (Å²) in [7, 11) is 1.56. The van der Waals surface area contributed by atoms with Crippen molar-refractivity contribution in [2.75, 3.05) is 13.7 Å². The molecule has 0 aliphatic heterocycles. The maximum Gasteiger partial charge on any atom is 0.255 e. The maximum absolute atomic E-state index is 12.6. The number of aromatic nitrogens is 2. The van der Waals surface area contributed by atoms with E-state index in [2.05, 4.69) is 20.6 Å². The van der Waals surface area contributed by atoms with Gasteiger partial charge in [0.15, 0.2) is 0 Å². The van der Waals surface area contributed by atoms with E-state index in [9.17, 15) is 9.59 Å². The summed E-state index contributed by atoms with van der Waals surface area (Å²) in [5, 5.41) is 5.91. The molecule has 0 saturated heterocycles. The van der Waals surface area contributed by atoms with Gasteiger partial charge in [-0.05, 0) is 42.8 Å². The molecule has 0 saturated carbocycles. The third-order valence-electron chi connectivity index (χ3n) is 4.66. The number of nitrogens with two attached hydrogens (primary N) is 1. The number of hydrogen-bond acceptors (Lipinski definition) is 7. The highest BCUT2D eigenvalue weighted by atomic mass is 35.5. The number of benzene rings is 2. The van der Waals surface area contributed by atoms with Gasteiger partial charge in [-0.1, -0.05) is 23.7 Å². The highest BCUT2D eigenvalue weighted by Gasteiger charge is 2.20.